The lowest BCUT2D eigenvalue weighted by Gasteiger charge is -2.19. The van der Waals surface area contributed by atoms with E-state index in [-0.39, 0.29) is 29.2 Å². The van der Waals surface area contributed by atoms with E-state index in [1.165, 1.54) is 4.90 Å². The molecule has 0 unspecified atom stereocenters. The van der Waals surface area contributed by atoms with E-state index in [2.05, 4.69) is 5.32 Å². The molecule has 0 bridgehead atoms. The fourth-order valence-electron chi connectivity index (χ4n) is 4.90. The molecule has 1 saturated heterocycles. The van der Waals surface area contributed by atoms with Crippen molar-refractivity contribution >= 4 is 29.1 Å². The number of hydrogen-bond acceptors (Lipinski definition) is 4. The van der Waals surface area contributed by atoms with Crippen molar-refractivity contribution in [2.45, 2.75) is 33.6 Å². The van der Waals surface area contributed by atoms with Gasteiger partial charge in [-0.3, -0.25) is 14.4 Å². The monoisotopic (exact) mass is 480 g/mol. The summed E-state index contributed by atoms with van der Waals surface area (Å²) in [7, 11) is 0. The molecule has 5 rings (SSSR count). The van der Waals surface area contributed by atoms with Crippen molar-refractivity contribution < 1.29 is 19.1 Å². The van der Waals surface area contributed by atoms with E-state index in [9.17, 15) is 14.4 Å². The van der Waals surface area contributed by atoms with Crippen LogP contribution in [0.1, 0.15) is 41.3 Å². The second-order valence-electron chi connectivity index (χ2n) is 9.51. The molecule has 36 heavy (non-hydrogen) atoms. The SMILES string of the molecule is CC1=CC[C@@H]2C(=O)N(c3ccccc3C(=O)Nc3ccc(Oc4cccc(C)c4C)cc3)C(=O)[C@H]2C1. The number of amides is 3. The topological polar surface area (TPSA) is 75.7 Å². The van der Waals surface area contributed by atoms with Crippen molar-refractivity contribution in [1.82, 2.24) is 0 Å². The number of nitrogens with zero attached hydrogens (tertiary/aromatic N) is 1. The number of para-hydroxylation sites is 1. The van der Waals surface area contributed by atoms with Gasteiger partial charge in [-0.25, -0.2) is 4.90 Å². The predicted molar refractivity (Wildman–Crippen MR) is 139 cm³/mol. The van der Waals surface area contributed by atoms with Crippen LogP contribution in [0.15, 0.2) is 78.4 Å². The lowest BCUT2D eigenvalue weighted by molar-refractivity contribution is -0.122. The van der Waals surface area contributed by atoms with E-state index in [1.807, 2.05) is 45.0 Å². The lowest BCUT2D eigenvalue weighted by Crippen LogP contribution is -2.33. The van der Waals surface area contributed by atoms with E-state index < -0.39 is 5.91 Å². The summed E-state index contributed by atoms with van der Waals surface area (Å²) in [6, 6.07) is 19.8. The highest BCUT2D eigenvalue weighted by atomic mass is 16.5. The zero-order valence-corrected chi connectivity index (χ0v) is 20.6. The Morgan fingerprint density at radius 2 is 1.61 bits per heavy atom. The normalized spacial score (nSPS) is 19.1. The molecule has 1 N–H and O–H groups in total. The molecule has 182 valence electrons. The van der Waals surface area contributed by atoms with Gasteiger partial charge >= 0.3 is 0 Å². The molecule has 3 amide bonds. The fourth-order valence-corrected chi connectivity index (χ4v) is 4.90. The molecular formula is C30H28N2O4. The number of fused-ring (bicyclic) bond motifs is 1. The number of carbonyl (C=O) groups excluding carboxylic acids is 3. The van der Waals surface area contributed by atoms with Gasteiger partial charge in [-0.05, 0) is 87.2 Å². The number of allylic oxidation sites excluding steroid dienone is 2. The number of imide groups is 1. The largest absolute Gasteiger partial charge is 0.457 e. The molecule has 2 atom stereocenters. The van der Waals surface area contributed by atoms with E-state index in [4.69, 9.17) is 4.74 Å². The van der Waals surface area contributed by atoms with Gasteiger partial charge in [-0.2, -0.15) is 0 Å². The van der Waals surface area contributed by atoms with Crippen LogP contribution in [0.25, 0.3) is 0 Å². The van der Waals surface area contributed by atoms with Gasteiger partial charge in [0.25, 0.3) is 5.91 Å². The summed E-state index contributed by atoms with van der Waals surface area (Å²) in [5.74, 6) is -0.134. The molecule has 3 aromatic carbocycles. The molecule has 1 aliphatic carbocycles. The highest BCUT2D eigenvalue weighted by molar-refractivity contribution is 6.25. The Labute approximate surface area is 210 Å². The number of ether oxygens (including phenoxy) is 1. The number of nitrogens with one attached hydrogen (secondary N) is 1. The summed E-state index contributed by atoms with van der Waals surface area (Å²) < 4.78 is 6.00. The van der Waals surface area contributed by atoms with Crippen molar-refractivity contribution in [2.75, 3.05) is 10.2 Å². The van der Waals surface area contributed by atoms with Crippen LogP contribution < -0.4 is 15.0 Å². The molecule has 1 aliphatic heterocycles. The first-order valence-electron chi connectivity index (χ1n) is 12.1. The number of rotatable bonds is 5. The van der Waals surface area contributed by atoms with Gasteiger partial charge in [0, 0.05) is 5.69 Å². The Hall–Kier alpha value is -4.19. The number of benzene rings is 3. The number of aryl methyl sites for hydroxylation is 1. The zero-order chi connectivity index (χ0) is 25.4. The average Bonchev–Trinajstić information content (AvgIpc) is 3.12. The number of carbonyl (C=O) groups is 3. The van der Waals surface area contributed by atoms with Gasteiger partial charge in [-0.1, -0.05) is 35.9 Å². The predicted octanol–water partition coefficient (Wildman–Crippen LogP) is 6.19. The number of hydrogen-bond donors (Lipinski definition) is 1. The minimum absolute atomic E-state index is 0.231. The van der Waals surface area contributed by atoms with E-state index in [0.717, 1.165) is 22.4 Å². The highest BCUT2D eigenvalue weighted by Gasteiger charge is 2.49. The third kappa shape index (κ3) is 4.31. The van der Waals surface area contributed by atoms with Crippen LogP contribution in [-0.4, -0.2) is 17.7 Å². The van der Waals surface area contributed by atoms with Gasteiger partial charge in [0.15, 0.2) is 0 Å². The van der Waals surface area contributed by atoms with Gasteiger partial charge in [0.2, 0.25) is 11.8 Å². The Morgan fingerprint density at radius 3 is 2.39 bits per heavy atom. The van der Waals surface area contributed by atoms with Crippen molar-refractivity contribution in [3.63, 3.8) is 0 Å². The van der Waals surface area contributed by atoms with Crippen LogP contribution in [0.3, 0.4) is 0 Å². The van der Waals surface area contributed by atoms with E-state index >= 15 is 0 Å². The number of anilines is 2. The molecule has 6 heteroatoms. The molecule has 2 aliphatic rings. The molecule has 0 aromatic heterocycles. The van der Waals surface area contributed by atoms with Crippen LogP contribution >= 0.6 is 0 Å². The molecule has 3 aromatic rings. The van der Waals surface area contributed by atoms with E-state index in [1.54, 1.807) is 48.5 Å². The first-order chi connectivity index (χ1) is 17.3. The van der Waals surface area contributed by atoms with Gasteiger partial charge in [-0.15, -0.1) is 0 Å². The summed E-state index contributed by atoms with van der Waals surface area (Å²) in [6.45, 7) is 6.03. The van der Waals surface area contributed by atoms with Crippen LogP contribution in [0.5, 0.6) is 11.5 Å². The van der Waals surface area contributed by atoms with Gasteiger partial charge in [0.1, 0.15) is 11.5 Å². The van der Waals surface area contributed by atoms with Gasteiger partial charge in [0.05, 0.1) is 23.1 Å². The third-order valence-corrected chi connectivity index (χ3v) is 7.11. The lowest BCUT2D eigenvalue weighted by atomic mass is 9.82. The minimum atomic E-state index is -0.390. The second-order valence-corrected chi connectivity index (χ2v) is 9.51. The summed E-state index contributed by atoms with van der Waals surface area (Å²) >= 11 is 0. The third-order valence-electron chi connectivity index (χ3n) is 7.11. The van der Waals surface area contributed by atoms with Crippen LogP contribution in [0, 0.1) is 25.7 Å². The van der Waals surface area contributed by atoms with Crippen LogP contribution in [0.4, 0.5) is 11.4 Å². The van der Waals surface area contributed by atoms with Crippen molar-refractivity contribution in [2.24, 2.45) is 11.8 Å². The Kier molecular flexibility index (Phi) is 6.18. The summed E-state index contributed by atoms with van der Waals surface area (Å²) in [5, 5.41) is 2.88. The molecule has 0 spiro atoms. The maximum atomic E-state index is 13.2. The zero-order valence-electron chi connectivity index (χ0n) is 20.6. The van der Waals surface area contributed by atoms with Crippen molar-refractivity contribution in [3.8, 4) is 11.5 Å². The second kappa shape index (κ2) is 9.46. The van der Waals surface area contributed by atoms with Crippen LogP contribution in [-0.2, 0) is 9.59 Å². The van der Waals surface area contributed by atoms with Crippen molar-refractivity contribution in [3.05, 3.63) is 95.1 Å². The first-order valence-corrected chi connectivity index (χ1v) is 12.1. The van der Waals surface area contributed by atoms with Crippen LogP contribution in [0.2, 0.25) is 0 Å². The molecule has 6 nitrogen and oxygen atoms in total. The summed E-state index contributed by atoms with van der Waals surface area (Å²) in [4.78, 5) is 40.8. The molecule has 0 radical (unpaired) electrons. The Balaban J connectivity index is 1.34. The Morgan fingerprint density at radius 1 is 0.889 bits per heavy atom. The maximum absolute atomic E-state index is 13.2. The van der Waals surface area contributed by atoms with E-state index in [0.29, 0.717) is 30.0 Å². The van der Waals surface area contributed by atoms with Gasteiger partial charge < -0.3 is 10.1 Å². The molecule has 0 saturated carbocycles. The maximum Gasteiger partial charge on any atom is 0.257 e. The minimum Gasteiger partial charge on any atom is -0.457 e. The quantitative estimate of drug-likeness (QED) is 0.349. The standard InChI is InChI=1S/C30H28N2O4/c1-18-11-16-23-25(17-18)30(35)32(29(23)34)26-9-5-4-8-24(26)28(33)31-21-12-14-22(15-13-21)36-27-10-6-7-19(2)20(27)3/h4-15,23,25H,16-17H2,1-3H3,(H,31,33)/t23-,25-/m0/s1. The Bertz CT molecular complexity index is 1390. The highest BCUT2D eigenvalue weighted by Crippen LogP contribution is 2.40. The fraction of sp³-hybridized carbons (Fsp3) is 0.233. The smallest absolute Gasteiger partial charge is 0.257 e. The summed E-state index contributed by atoms with van der Waals surface area (Å²) in [6.07, 6.45) is 3.17. The molecule has 1 heterocycles. The summed E-state index contributed by atoms with van der Waals surface area (Å²) in [5.41, 5.74) is 4.52. The first kappa shape index (κ1) is 23.5. The van der Waals surface area contributed by atoms with Crippen molar-refractivity contribution in [1.29, 1.82) is 0 Å². The molecular weight excluding hydrogens is 452 g/mol. The average molecular weight is 481 g/mol. The molecule has 1 fully saturated rings.